The summed E-state index contributed by atoms with van der Waals surface area (Å²) in [6, 6.07) is 25.0. The summed E-state index contributed by atoms with van der Waals surface area (Å²) in [5.74, 6) is 0.815. The quantitative estimate of drug-likeness (QED) is 0.779. The second-order valence-electron chi connectivity index (χ2n) is 5.44. The molecule has 1 aliphatic rings. The Hall–Kier alpha value is -3.01. The van der Waals surface area contributed by atoms with Gasteiger partial charge in [-0.1, -0.05) is 60.7 Å². The highest BCUT2D eigenvalue weighted by atomic mass is 15.5. The third-order valence-corrected chi connectivity index (χ3v) is 3.91. The van der Waals surface area contributed by atoms with Crippen LogP contribution in [-0.4, -0.2) is 23.7 Å². The smallest absolute Gasteiger partial charge is 0.210 e. The summed E-state index contributed by atoms with van der Waals surface area (Å²) in [6.45, 7) is 1.69. The lowest BCUT2D eigenvalue weighted by atomic mass is 10.2. The van der Waals surface area contributed by atoms with E-state index in [1.807, 2.05) is 12.1 Å². The van der Waals surface area contributed by atoms with Gasteiger partial charge in [-0.15, -0.1) is 0 Å². The fraction of sp³-hybridized carbons (Fsp3) is 0.105. The predicted octanol–water partition coefficient (Wildman–Crippen LogP) is 3.32. The van der Waals surface area contributed by atoms with Gasteiger partial charge in [0.05, 0.1) is 17.9 Å². The van der Waals surface area contributed by atoms with Crippen molar-refractivity contribution in [2.24, 2.45) is 4.99 Å². The number of aliphatic imine (C=N–C) groups is 1. The Balaban J connectivity index is 1.82. The molecule has 1 aliphatic heterocycles. The zero-order valence-electron chi connectivity index (χ0n) is 12.7. The fourth-order valence-electron chi connectivity index (χ4n) is 2.80. The molecule has 2 heterocycles. The molecule has 4 rings (SSSR count). The average Bonchev–Trinajstić information content (AvgIpc) is 3.27. The first-order chi connectivity index (χ1) is 11.4. The second kappa shape index (κ2) is 6.01. The Morgan fingerprint density at radius 3 is 1.83 bits per heavy atom. The normalized spacial score (nSPS) is 13.5. The van der Waals surface area contributed by atoms with Crippen molar-refractivity contribution in [3.63, 3.8) is 0 Å². The molecule has 2 N–H and O–H groups in total. The number of benzene rings is 2. The molecule has 0 spiro atoms. The van der Waals surface area contributed by atoms with Gasteiger partial charge in [-0.05, 0) is 12.1 Å². The molecule has 4 heteroatoms. The monoisotopic (exact) mass is 302 g/mol. The molecule has 0 fully saturated rings. The maximum atomic E-state index is 4.45. The van der Waals surface area contributed by atoms with Crippen molar-refractivity contribution in [1.82, 2.24) is 9.99 Å². The predicted molar refractivity (Wildman–Crippen MR) is 95.0 cm³/mol. The number of rotatable bonds is 3. The number of nitrogens with one attached hydrogen (secondary N) is 2. The molecule has 0 saturated heterocycles. The molecule has 3 aromatic rings. The van der Waals surface area contributed by atoms with Gasteiger partial charge in [0.2, 0.25) is 5.96 Å². The largest absolute Gasteiger partial charge is 0.353 e. The molecule has 23 heavy (non-hydrogen) atoms. The molecule has 0 aliphatic carbocycles. The van der Waals surface area contributed by atoms with Crippen LogP contribution >= 0.6 is 0 Å². The van der Waals surface area contributed by atoms with Gasteiger partial charge in [-0.3, -0.25) is 15.1 Å². The van der Waals surface area contributed by atoms with Crippen LogP contribution in [0.4, 0.5) is 0 Å². The molecule has 0 atom stereocenters. The standard InChI is InChI=1S/C19H18N4/c1-3-7-15(8-4-1)17-11-12-18(16-9-5-2-6-10-16)23(17)22-19-20-13-14-21-19/h1-12H,13-14H2,(H2,20,21,22). The van der Waals surface area contributed by atoms with E-state index in [9.17, 15) is 0 Å². The van der Waals surface area contributed by atoms with E-state index in [2.05, 4.69) is 81.1 Å². The summed E-state index contributed by atoms with van der Waals surface area (Å²) in [4.78, 5) is 4.45. The van der Waals surface area contributed by atoms with Gasteiger partial charge in [0.1, 0.15) is 0 Å². The van der Waals surface area contributed by atoms with Crippen molar-refractivity contribution >= 4 is 5.96 Å². The van der Waals surface area contributed by atoms with Crippen LogP contribution in [0, 0.1) is 0 Å². The number of hydrogen-bond acceptors (Lipinski definition) is 3. The summed E-state index contributed by atoms with van der Waals surface area (Å²) >= 11 is 0. The number of aromatic nitrogens is 1. The van der Waals surface area contributed by atoms with Crippen molar-refractivity contribution in [1.29, 1.82) is 0 Å². The topological polar surface area (TPSA) is 41.4 Å². The Labute approximate surface area is 135 Å². The van der Waals surface area contributed by atoms with Crippen molar-refractivity contribution in [3.8, 4) is 22.5 Å². The van der Waals surface area contributed by atoms with Gasteiger partial charge >= 0.3 is 0 Å². The van der Waals surface area contributed by atoms with Crippen LogP contribution in [0.3, 0.4) is 0 Å². The third-order valence-electron chi connectivity index (χ3n) is 3.91. The first kappa shape index (κ1) is 13.6. The lowest BCUT2D eigenvalue weighted by molar-refractivity contribution is 0.936. The molecule has 0 saturated carbocycles. The zero-order chi connectivity index (χ0) is 15.5. The first-order valence-corrected chi connectivity index (χ1v) is 7.80. The Morgan fingerprint density at radius 1 is 0.783 bits per heavy atom. The van der Waals surface area contributed by atoms with Gasteiger partial charge in [-0.25, -0.2) is 0 Å². The van der Waals surface area contributed by atoms with Crippen molar-refractivity contribution in [2.45, 2.75) is 0 Å². The van der Waals surface area contributed by atoms with Gasteiger partial charge in [0, 0.05) is 17.7 Å². The highest BCUT2D eigenvalue weighted by Crippen LogP contribution is 2.27. The molecule has 0 amide bonds. The summed E-state index contributed by atoms with van der Waals surface area (Å²) < 4.78 is 2.10. The molecule has 4 nitrogen and oxygen atoms in total. The van der Waals surface area contributed by atoms with Crippen molar-refractivity contribution < 1.29 is 0 Å². The van der Waals surface area contributed by atoms with E-state index < -0.39 is 0 Å². The van der Waals surface area contributed by atoms with E-state index in [0.717, 1.165) is 30.4 Å². The summed E-state index contributed by atoms with van der Waals surface area (Å²) in [5, 5.41) is 3.27. The maximum absolute atomic E-state index is 4.45. The molecule has 1 aromatic heterocycles. The van der Waals surface area contributed by atoms with Crippen LogP contribution in [0.5, 0.6) is 0 Å². The minimum absolute atomic E-state index is 0.810. The Kier molecular flexibility index (Phi) is 3.56. The molecule has 0 unspecified atom stereocenters. The van der Waals surface area contributed by atoms with Crippen LogP contribution in [0.25, 0.3) is 22.5 Å². The molecular formula is C19H18N4. The molecular weight excluding hydrogens is 284 g/mol. The highest BCUT2D eigenvalue weighted by Gasteiger charge is 2.14. The third kappa shape index (κ3) is 2.71. The molecule has 0 radical (unpaired) electrons. The molecule has 0 bridgehead atoms. The number of nitrogens with zero attached hydrogens (tertiary/aromatic N) is 2. The Morgan fingerprint density at radius 2 is 1.35 bits per heavy atom. The molecule has 114 valence electrons. The van der Waals surface area contributed by atoms with E-state index in [1.54, 1.807) is 0 Å². The molecule has 2 aromatic carbocycles. The van der Waals surface area contributed by atoms with E-state index in [0.29, 0.717) is 0 Å². The van der Waals surface area contributed by atoms with Gasteiger partial charge in [-0.2, -0.15) is 0 Å². The lowest BCUT2D eigenvalue weighted by Gasteiger charge is -2.16. The van der Waals surface area contributed by atoms with Gasteiger partial charge in [0.25, 0.3) is 0 Å². The van der Waals surface area contributed by atoms with E-state index in [4.69, 9.17) is 0 Å². The van der Waals surface area contributed by atoms with Crippen molar-refractivity contribution in [2.75, 3.05) is 18.5 Å². The van der Waals surface area contributed by atoms with E-state index >= 15 is 0 Å². The fourth-order valence-corrected chi connectivity index (χ4v) is 2.80. The summed E-state index contributed by atoms with van der Waals surface area (Å²) in [6.07, 6.45) is 0. The summed E-state index contributed by atoms with van der Waals surface area (Å²) in [7, 11) is 0. The SMILES string of the molecule is c1ccc(-c2ccc(-c3ccccc3)n2NC2=NCCN2)cc1. The summed E-state index contributed by atoms with van der Waals surface area (Å²) in [5.41, 5.74) is 7.97. The first-order valence-electron chi connectivity index (χ1n) is 7.80. The lowest BCUT2D eigenvalue weighted by Crippen LogP contribution is -2.33. The van der Waals surface area contributed by atoms with Crippen LogP contribution in [0.2, 0.25) is 0 Å². The van der Waals surface area contributed by atoms with Crippen LogP contribution < -0.4 is 10.7 Å². The van der Waals surface area contributed by atoms with Gasteiger partial charge in [0.15, 0.2) is 0 Å². The number of guanidine groups is 1. The average molecular weight is 302 g/mol. The second-order valence-corrected chi connectivity index (χ2v) is 5.44. The van der Waals surface area contributed by atoms with Crippen molar-refractivity contribution in [3.05, 3.63) is 72.8 Å². The minimum Gasteiger partial charge on any atom is -0.353 e. The van der Waals surface area contributed by atoms with E-state index in [1.165, 1.54) is 11.1 Å². The number of hydrogen-bond donors (Lipinski definition) is 2. The highest BCUT2D eigenvalue weighted by molar-refractivity contribution is 5.90. The minimum atomic E-state index is 0.810. The van der Waals surface area contributed by atoms with Crippen LogP contribution in [0.1, 0.15) is 0 Å². The Bertz CT molecular complexity index is 762. The van der Waals surface area contributed by atoms with E-state index in [-0.39, 0.29) is 0 Å². The maximum Gasteiger partial charge on any atom is 0.210 e. The zero-order valence-corrected chi connectivity index (χ0v) is 12.7. The van der Waals surface area contributed by atoms with Gasteiger partial charge < -0.3 is 5.32 Å². The van der Waals surface area contributed by atoms with Crippen LogP contribution in [0.15, 0.2) is 77.8 Å². The van der Waals surface area contributed by atoms with Crippen LogP contribution in [-0.2, 0) is 0 Å².